The normalized spacial score (nSPS) is 12.2. The van der Waals surface area contributed by atoms with E-state index >= 15 is 0 Å². The maximum atomic E-state index is 12.4. The Kier molecular flexibility index (Phi) is 4.03. The Morgan fingerprint density at radius 2 is 1.80 bits per heavy atom. The Morgan fingerprint density at radius 3 is 2.64 bits per heavy atom. The van der Waals surface area contributed by atoms with E-state index in [-0.39, 0.29) is 18.5 Å². The summed E-state index contributed by atoms with van der Waals surface area (Å²) in [6, 6.07) is 13.5. The van der Waals surface area contributed by atoms with Crippen molar-refractivity contribution in [3.63, 3.8) is 0 Å². The van der Waals surface area contributed by atoms with Crippen LogP contribution < -0.4 is 14.8 Å². The number of amides is 1. The molecule has 1 aliphatic heterocycles. The molecule has 0 unspecified atom stereocenters. The van der Waals surface area contributed by atoms with Crippen LogP contribution in [0.5, 0.6) is 11.5 Å². The van der Waals surface area contributed by atoms with E-state index in [1.165, 1.54) is 0 Å². The van der Waals surface area contributed by atoms with Crippen molar-refractivity contribution in [2.24, 2.45) is 0 Å². The number of ether oxygens (including phenoxy) is 2. The zero-order chi connectivity index (χ0) is 17.4. The molecule has 25 heavy (non-hydrogen) atoms. The van der Waals surface area contributed by atoms with Gasteiger partial charge in [-0.15, -0.1) is 0 Å². The van der Waals surface area contributed by atoms with E-state index in [1.54, 1.807) is 48.5 Å². The molecule has 7 heteroatoms. The van der Waals surface area contributed by atoms with Crippen molar-refractivity contribution in [3.05, 3.63) is 64.3 Å². The molecular formula is C18H11Cl2NO4. The van der Waals surface area contributed by atoms with E-state index in [9.17, 15) is 4.79 Å². The summed E-state index contributed by atoms with van der Waals surface area (Å²) in [7, 11) is 0. The predicted octanol–water partition coefficient (Wildman–Crippen LogP) is 5.23. The number of rotatable bonds is 3. The maximum absolute atomic E-state index is 12.4. The number of fused-ring (bicyclic) bond motifs is 1. The average molecular weight is 376 g/mol. The fourth-order valence-electron chi connectivity index (χ4n) is 2.46. The van der Waals surface area contributed by atoms with Crippen LogP contribution in [-0.2, 0) is 0 Å². The van der Waals surface area contributed by atoms with Crippen LogP contribution >= 0.6 is 23.2 Å². The first kappa shape index (κ1) is 15.9. The first-order valence-electron chi connectivity index (χ1n) is 7.36. The Morgan fingerprint density at radius 1 is 0.960 bits per heavy atom. The van der Waals surface area contributed by atoms with Crippen molar-refractivity contribution in [2.75, 3.05) is 12.1 Å². The van der Waals surface area contributed by atoms with Gasteiger partial charge >= 0.3 is 0 Å². The number of carbonyl (C=O) groups is 1. The van der Waals surface area contributed by atoms with Crippen molar-refractivity contribution in [2.45, 2.75) is 0 Å². The molecule has 0 spiro atoms. The number of halogens is 2. The van der Waals surface area contributed by atoms with Gasteiger partial charge in [0.1, 0.15) is 5.76 Å². The first-order chi connectivity index (χ1) is 12.1. The predicted molar refractivity (Wildman–Crippen MR) is 94.7 cm³/mol. The summed E-state index contributed by atoms with van der Waals surface area (Å²) in [4.78, 5) is 12.4. The molecule has 3 aromatic rings. The molecular weight excluding hydrogens is 365 g/mol. The molecule has 0 bridgehead atoms. The minimum Gasteiger partial charge on any atom is -0.454 e. The minimum atomic E-state index is -0.379. The molecule has 0 atom stereocenters. The number of furan rings is 1. The molecule has 0 aliphatic carbocycles. The monoisotopic (exact) mass is 375 g/mol. The molecule has 0 saturated heterocycles. The van der Waals surface area contributed by atoms with Gasteiger partial charge in [-0.25, -0.2) is 0 Å². The SMILES string of the molecule is O=C(Nc1ccc2c(c1)OCO2)c1ccc(-c2ccc(Cl)cc2Cl)o1. The molecule has 1 amide bonds. The fraction of sp³-hybridized carbons (Fsp3) is 0.0556. The Bertz CT molecular complexity index is 967. The van der Waals surface area contributed by atoms with Crippen LogP contribution in [0.2, 0.25) is 10.0 Å². The summed E-state index contributed by atoms with van der Waals surface area (Å²) in [6.07, 6.45) is 0. The van der Waals surface area contributed by atoms with Crippen LogP contribution in [-0.4, -0.2) is 12.7 Å². The second-order valence-electron chi connectivity index (χ2n) is 5.31. The van der Waals surface area contributed by atoms with Crippen LogP contribution in [0, 0.1) is 0 Å². The standard InChI is InChI=1S/C18H11Cl2NO4/c19-10-1-3-12(13(20)7-10)14-5-6-16(25-14)18(22)21-11-2-4-15-17(8-11)24-9-23-15/h1-8H,9H2,(H,21,22). The summed E-state index contributed by atoms with van der Waals surface area (Å²) in [6.45, 7) is 0.177. The molecule has 5 nitrogen and oxygen atoms in total. The molecule has 0 fully saturated rings. The van der Waals surface area contributed by atoms with E-state index in [0.717, 1.165) is 0 Å². The van der Waals surface area contributed by atoms with Crippen LogP contribution in [0.4, 0.5) is 5.69 Å². The Labute approximate surface area is 153 Å². The Balaban J connectivity index is 1.54. The number of anilines is 1. The fourth-order valence-corrected chi connectivity index (χ4v) is 2.96. The summed E-state index contributed by atoms with van der Waals surface area (Å²) in [5.74, 6) is 1.51. The summed E-state index contributed by atoms with van der Waals surface area (Å²) < 4.78 is 16.1. The van der Waals surface area contributed by atoms with Crippen LogP contribution in [0.25, 0.3) is 11.3 Å². The zero-order valence-corrected chi connectivity index (χ0v) is 14.2. The number of nitrogens with one attached hydrogen (secondary N) is 1. The van der Waals surface area contributed by atoms with E-state index in [4.69, 9.17) is 37.1 Å². The highest BCUT2D eigenvalue weighted by atomic mass is 35.5. The summed E-state index contributed by atoms with van der Waals surface area (Å²) in [5, 5.41) is 3.73. The highest BCUT2D eigenvalue weighted by molar-refractivity contribution is 6.36. The number of benzene rings is 2. The van der Waals surface area contributed by atoms with Gasteiger partial charge in [-0.3, -0.25) is 4.79 Å². The van der Waals surface area contributed by atoms with Crippen molar-refractivity contribution in [3.8, 4) is 22.8 Å². The third kappa shape index (κ3) is 3.16. The summed E-state index contributed by atoms with van der Waals surface area (Å²) >= 11 is 12.1. The molecule has 0 radical (unpaired) electrons. The third-order valence-corrected chi connectivity index (χ3v) is 4.20. The highest BCUT2D eigenvalue weighted by Crippen LogP contribution is 2.35. The second-order valence-corrected chi connectivity index (χ2v) is 6.15. The molecule has 4 rings (SSSR count). The van der Waals surface area contributed by atoms with Crippen LogP contribution in [0.3, 0.4) is 0 Å². The highest BCUT2D eigenvalue weighted by Gasteiger charge is 2.17. The second kappa shape index (κ2) is 6.35. The smallest absolute Gasteiger partial charge is 0.291 e. The van der Waals surface area contributed by atoms with Crippen molar-refractivity contribution < 1.29 is 18.7 Å². The van der Waals surface area contributed by atoms with Gasteiger partial charge in [-0.2, -0.15) is 0 Å². The van der Waals surface area contributed by atoms with Gasteiger partial charge in [0.2, 0.25) is 6.79 Å². The van der Waals surface area contributed by atoms with Gasteiger partial charge in [0, 0.05) is 22.3 Å². The van der Waals surface area contributed by atoms with E-state index < -0.39 is 0 Å². The lowest BCUT2D eigenvalue weighted by Crippen LogP contribution is -2.10. The van der Waals surface area contributed by atoms with Gasteiger partial charge < -0.3 is 19.2 Å². The van der Waals surface area contributed by atoms with Crippen molar-refractivity contribution in [1.29, 1.82) is 0 Å². The van der Waals surface area contributed by atoms with E-state index in [1.807, 2.05) is 0 Å². The van der Waals surface area contributed by atoms with Gasteiger partial charge in [0.15, 0.2) is 17.3 Å². The molecule has 0 saturated carbocycles. The lowest BCUT2D eigenvalue weighted by molar-refractivity contribution is 0.0997. The first-order valence-corrected chi connectivity index (χ1v) is 8.12. The minimum absolute atomic E-state index is 0.165. The van der Waals surface area contributed by atoms with Gasteiger partial charge in [-0.1, -0.05) is 23.2 Å². The zero-order valence-electron chi connectivity index (χ0n) is 12.7. The molecule has 1 aliphatic rings. The third-order valence-electron chi connectivity index (χ3n) is 3.66. The molecule has 1 aromatic heterocycles. The van der Waals surface area contributed by atoms with Crippen molar-refractivity contribution >= 4 is 34.8 Å². The summed E-state index contributed by atoms with van der Waals surface area (Å²) in [5.41, 5.74) is 1.24. The van der Waals surface area contributed by atoms with E-state index in [0.29, 0.717) is 38.6 Å². The van der Waals surface area contributed by atoms with Crippen molar-refractivity contribution in [1.82, 2.24) is 0 Å². The quantitative estimate of drug-likeness (QED) is 0.680. The van der Waals surface area contributed by atoms with Crippen LogP contribution in [0.1, 0.15) is 10.6 Å². The van der Waals surface area contributed by atoms with Gasteiger partial charge in [-0.05, 0) is 42.5 Å². The number of carbonyl (C=O) groups excluding carboxylic acids is 1. The van der Waals surface area contributed by atoms with E-state index in [2.05, 4.69) is 5.32 Å². The van der Waals surface area contributed by atoms with Crippen LogP contribution in [0.15, 0.2) is 52.9 Å². The molecule has 2 aromatic carbocycles. The lowest BCUT2D eigenvalue weighted by atomic mass is 10.2. The molecule has 2 heterocycles. The number of hydrogen-bond donors (Lipinski definition) is 1. The maximum Gasteiger partial charge on any atom is 0.291 e. The number of hydrogen-bond acceptors (Lipinski definition) is 4. The topological polar surface area (TPSA) is 60.7 Å². The molecule has 126 valence electrons. The lowest BCUT2D eigenvalue weighted by Gasteiger charge is -2.05. The van der Waals surface area contributed by atoms with Gasteiger partial charge in [0.05, 0.1) is 5.02 Å². The largest absolute Gasteiger partial charge is 0.454 e. The van der Waals surface area contributed by atoms with Gasteiger partial charge in [0.25, 0.3) is 5.91 Å². The average Bonchev–Trinajstić information content (AvgIpc) is 3.23. The molecule has 1 N–H and O–H groups in total. The Hall–Kier alpha value is -2.63.